The summed E-state index contributed by atoms with van der Waals surface area (Å²) < 4.78 is 19.8. The Morgan fingerprint density at radius 1 is 1.30 bits per heavy atom. The lowest BCUT2D eigenvalue weighted by Crippen LogP contribution is -2.51. The second kappa shape index (κ2) is 10.9. The fourth-order valence-electron chi connectivity index (χ4n) is 2.58. The number of aromatic nitrogens is 1. The first-order chi connectivity index (χ1) is 12.1. The Hall–Kier alpha value is -2.09. The van der Waals surface area contributed by atoms with Gasteiger partial charge in [0.1, 0.15) is 11.6 Å². The molecule has 1 aliphatic heterocycles. The standard InChI is InChI=1S/C18H21FN4O2.2ClH/c1-13-4-5-14(11-16(13)19)17(25-15-3-2-6-21-12-15)22-18(24)23-9-7-20-8-10-23;;/h2-6,11-12,17,20H,7-10H2,1H3,(H,22,24);2*1H. The van der Waals surface area contributed by atoms with Gasteiger partial charge in [-0.3, -0.25) is 10.3 Å². The van der Waals surface area contributed by atoms with Crippen molar-refractivity contribution >= 4 is 30.8 Å². The van der Waals surface area contributed by atoms with Gasteiger partial charge in [0.2, 0.25) is 0 Å². The quantitative estimate of drug-likeness (QED) is 0.751. The molecule has 2 amide bonds. The monoisotopic (exact) mass is 416 g/mol. The molecule has 9 heteroatoms. The third-order valence-electron chi connectivity index (χ3n) is 4.05. The van der Waals surface area contributed by atoms with Gasteiger partial charge in [0.15, 0.2) is 6.23 Å². The number of carbonyl (C=O) groups excluding carboxylic acids is 1. The smallest absolute Gasteiger partial charge is 0.320 e. The van der Waals surface area contributed by atoms with Crippen LogP contribution in [0.1, 0.15) is 17.4 Å². The molecule has 1 aromatic carbocycles. The summed E-state index contributed by atoms with van der Waals surface area (Å²) in [6.07, 6.45) is 2.38. The Morgan fingerprint density at radius 2 is 2.04 bits per heavy atom. The molecule has 0 saturated carbocycles. The molecule has 1 fully saturated rings. The van der Waals surface area contributed by atoms with Gasteiger partial charge >= 0.3 is 6.03 Å². The van der Waals surface area contributed by atoms with Gasteiger partial charge in [0.05, 0.1) is 6.20 Å². The molecule has 27 heavy (non-hydrogen) atoms. The van der Waals surface area contributed by atoms with Crippen molar-refractivity contribution in [2.24, 2.45) is 0 Å². The number of carbonyl (C=O) groups is 1. The second-order valence-electron chi connectivity index (χ2n) is 5.88. The van der Waals surface area contributed by atoms with E-state index < -0.39 is 6.23 Å². The summed E-state index contributed by atoms with van der Waals surface area (Å²) >= 11 is 0. The number of amides is 2. The van der Waals surface area contributed by atoms with Crippen LogP contribution in [-0.4, -0.2) is 42.1 Å². The summed E-state index contributed by atoms with van der Waals surface area (Å²) in [4.78, 5) is 18.2. The number of urea groups is 1. The highest BCUT2D eigenvalue weighted by molar-refractivity contribution is 5.85. The van der Waals surface area contributed by atoms with Crippen LogP contribution in [0.5, 0.6) is 5.75 Å². The average Bonchev–Trinajstić information content (AvgIpc) is 2.65. The zero-order chi connectivity index (χ0) is 17.6. The molecule has 148 valence electrons. The normalized spacial score (nSPS) is 14.4. The minimum Gasteiger partial charge on any atom is -0.465 e. The molecule has 1 saturated heterocycles. The average molecular weight is 417 g/mol. The Labute approximate surface area is 170 Å². The predicted molar refractivity (Wildman–Crippen MR) is 106 cm³/mol. The molecule has 2 aromatic rings. The molecule has 0 radical (unpaired) electrons. The first-order valence-corrected chi connectivity index (χ1v) is 8.22. The van der Waals surface area contributed by atoms with E-state index in [1.807, 2.05) is 0 Å². The summed E-state index contributed by atoms with van der Waals surface area (Å²) in [6, 6.07) is 8.03. The summed E-state index contributed by atoms with van der Waals surface area (Å²) in [5.41, 5.74) is 1.08. The van der Waals surface area contributed by atoms with Crippen molar-refractivity contribution in [3.8, 4) is 5.75 Å². The zero-order valence-electron chi connectivity index (χ0n) is 14.9. The molecule has 0 aliphatic carbocycles. The number of nitrogens with one attached hydrogen (secondary N) is 2. The van der Waals surface area contributed by atoms with Crippen LogP contribution in [0, 0.1) is 12.7 Å². The molecule has 0 bridgehead atoms. The highest BCUT2D eigenvalue weighted by Gasteiger charge is 2.22. The largest absolute Gasteiger partial charge is 0.465 e. The molecule has 1 aliphatic rings. The highest BCUT2D eigenvalue weighted by atomic mass is 35.5. The predicted octanol–water partition coefficient (Wildman–Crippen LogP) is 3.07. The number of pyridine rings is 1. The van der Waals surface area contributed by atoms with E-state index in [2.05, 4.69) is 15.6 Å². The van der Waals surface area contributed by atoms with Gasteiger partial charge in [0, 0.05) is 37.9 Å². The van der Waals surface area contributed by atoms with Crippen LogP contribution in [0.4, 0.5) is 9.18 Å². The van der Waals surface area contributed by atoms with E-state index >= 15 is 0 Å². The number of hydrogen-bond acceptors (Lipinski definition) is 4. The van der Waals surface area contributed by atoms with Crippen molar-refractivity contribution in [1.29, 1.82) is 0 Å². The van der Waals surface area contributed by atoms with Gasteiger partial charge in [-0.1, -0.05) is 12.1 Å². The topological polar surface area (TPSA) is 66.5 Å². The lowest BCUT2D eigenvalue weighted by Gasteiger charge is -2.30. The van der Waals surface area contributed by atoms with Crippen LogP contribution in [-0.2, 0) is 0 Å². The fraction of sp³-hybridized carbons (Fsp3) is 0.333. The lowest BCUT2D eigenvalue weighted by molar-refractivity contribution is 0.139. The van der Waals surface area contributed by atoms with E-state index in [9.17, 15) is 9.18 Å². The Bertz CT molecular complexity index is 731. The van der Waals surface area contributed by atoms with Crippen molar-refractivity contribution in [3.05, 3.63) is 59.7 Å². The first kappa shape index (κ1) is 23.0. The van der Waals surface area contributed by atoms with E-state index in [0.29, 0.717) is 30.0 Å². The van der Waals surface area contributed by atoms with Gasteiger partial charge in [-0.25, -0.2) is 9.18 Å². The maximum atomic E-state index is 14.0. The molecule has 1 atom stereocenters. The van der Waals surface area contributed by atoms with Crippen LogP contribution >= 0.6 is 24.8 Å². The van der Waals surface area contributed by atoms with E-state index in [-0.39, 0.29) is 36.7 Å². The molecule has 2 heterocycles. The molecule has 1 unspecified atom stereocenters. The number of rotatable bonds is 4. The van der Waals surface area contributed by atoms with Crippen LogP contribution < -0.4 is 15.4 Å². The van der Waals surface area contributed by atoms with Gasteiger partial charge in [-0.05, 0) is 30.7 Å². The van der Waals surface area contributed by atoms with Crippen molar-refractivity contribution in [2.75, 3.05) is 26.2 Å². The number of halogens is 3. The molecule has 0 spiro atoms. The molecular formula is C18H23Cl2FN4O2. The molecule has 3 rings (SSSR count). The maximum absolute atomic E-state index is 14.0. The van der Waals surface area contributed by atoms with Crippen LogP contribution in [0.25, 0.3) is 0 Å². The minimum atomic E-state index is -0.804. The number of ether oxygens (including phenoxy) is 1. The van der Waals surface area contributed by atoms with Crippen molar-refractivity contribution in [3.63, 3.8) is 0 Å². The van der Waals surface area contributed by atoms with E-state index in [1.165, 1.54) is 6.07 Å². The number of benzene rings is 1. The van der Waals surface area contributed by atoms with Crippen molar-refractivity contribution < 1.29 is 13.9 Å². The SMILES string of the molecule is Cc1ccc(C(NC(=O)N2CCNCC2)Oc2cccnc2)cc1F.Cl.Cl. The summed E-state index contributed by atoms with van der Waals surface area (Å²) in [5.74, 6) is 0.155. The van der Waals surface area contributed by atoms with Crippen LogP contribution in [0.15, 0.2) is 42.7 Å². The maximum Gasteiger partial charge on any atom is 0.320 e. The van der Waals surface area contributed by atoms with E-state index in [4.69, 9.17) is 4.74 Å². The number of hydrogen-bond donors (Lipinski definition) is 2. The van der Waals surface area contributed by atoms with E-state index in [1.54, 1.807) is 48.5 Å². The Kier molecular flexibility index (Phi) is 9.28. The summed E-state index contributed by atoms with van der Waals surface area (Å²) in [6.45, 7) is 4.43. The van der Waals surface area contributed by atoms with Gasteiger partial charge in [-0.2, -0.15) is 0 Å². The molecule has 6 nitrogen and oxygen atoms in total. The van der Waals surface area contributed by atoms with Crippen molar-refractivity contribution in [1.82, 2.24) is 20.5 Å². The third kappa shape index (κ3) is 6.23. The van der Waals surface area contributed by atoms with Gasteiger partial charge in [-0.15, -0.1) is 24.8 Å². The zero-order valence-corrected chi connectivity index (χ0v) is 16.5. The number of aryl methyl sites for hydroxylation is 1. The Morgan fingerprint density at radius 3 is 2.67 bits per heavy atom. The van der Waals surface area contributed by atoms with Crippen molar-refractivity contribution in [2.45, 2.75) is 13.2 Å². The summed E-state index contributed by atoms with van der Waals surface area (Å²) in [7, 11) is 0. The summed E-state index contributed by atoms with van der Waals surface area (Å²) in [5, 5.41) is 6.04. The van der Waals surface area contributed by atoms with Crippen LogP contribution in [0.3, 0.4) is 0 Å². The fourth-order valence-corrected chi connectivity index (χ4v) is 2.58. The molecule has 2 N–H and O–H groups in total. The first-order valence-electron chi connectivity index (χ1n) is 8.22. The number of nitrogens with zero attached hydrogens (tertiary/aromatic N) is 2. The number of piperazine rings is 1. The molecular weight excluding hydrogens is 394 g/mol. The third-order valence-corrected chi connectivity index (χ3v) is 4.05. The Balaban J connectivity index is 0.00000182. The van der Waals surface area contributed by atoms with E-state index in [0.717, 1.165) is 13.1 Å². The minimum absolute atomic E-state index is 0. The highest BCUT2D eigenvalue weighted by Crippen LogP contribution is 2.21. The van der Waals surface area contributed by atoms with Gasteiger partial charge < -0.3 is 15.0 Å². The molecule has 1 aromatic heterocycles. The lowest BCUT2D eigenvalue weighted by atomic mass is 10.1. The van der Waals surface area contributed by atoms with Crippen LogP contribution in [0.2, 0.25) is 0 Å². The van der Waals surface area contributed by atoms with Gasteiger partial charge in [0.25, 0.3) is 0 Å². The second-order valence-corrected chi connectivity index (χ2v) is 5.88.